The highest BCUT2D eigenvalue weighted by Crippen LogP contribution is 2.26. The highest BCUT2D eigenvalue weighted by Gasteiger charge is 2.34. The van der Waals surface area contributed by atoms with Crippen LogP contribution in [-0.4, -0.2) is 91.4 Å². The Morgan fingerprint density at radius 1 is 1.12 bits per heavy atom. The van der Waals surface area contributed by atoms with Gasteiger partial charge in [-0.15, -0.1) is 0 Å². The smallest absolute Gasteiger partial charge is 0.130 e. The largest absolute Gasteiger partial charge is 0.378 e. The van der Waals surface area contributed by atoms with Gasteiger partial charge >= 0.3 is 0 Å². The van der Waals surface area contributed by atoms with Gasteiger partial charge in [-0.25, -0.2) is 9.97 Å². The molecule has 2 atom stereocenters. The van der Waals surface area contributed by atoms with Crippen LogP contribution in [-0.2, 0) is 4.74 Å². The van der Waals surface area contributed by atoms with E-state index < -0.39 is 0 Å². The molecule has 0 amide bonds. The van der Waals surface area contributed by atoms with Crippen LogP contribution in [0.1, 0.15) is 30.3 Å². The van der Waals surface area contributed by atoms with E-state index in [1.807, 2.05) is 6.92 Å². The molecule has 4 heterocycles. The van der Waals surface area contributed by atoms with Crippen LogP contribution in [0.5, 0.6) is 0 Å². The van der Waals surface area contributed by atoms with Crippen LogP contribution in [0.2, 0.25) is 0 Å². The minimum Gasteiger partial charge on any atom is -0.378 e. The highest BCUT2D eigenvalue weighted by molar-refractivity contribution is 5.39. The van der Waals surface area contributed by atoms with E-state index in [1.54, 1.807) is 0 Å². The van der Waals surface area contributed by atoms with E-state index in [1.165, 1.54) is 5.69 Å². The highest BCUT2D eigenvalue weighted by atomic mass is 16.5. The molecule has 0 radical (unpaired) electrons. The normalized spacial score (nSPS) is 29.2. The van der Waals surface area contributed by atoms with Crippen molar-refractivity contribution in [3.05, 3.63) is 17.6 Å². The van der Waals surface area contributed by atoms with Crippen LogP contribution in [0.25, 0.3) is 0 Å². The van der Waals surface area contributed by atoms with Crippen molar-refractivity contribution in [1.82, 2.24) is 25.1 Å². The van der Waals surface area contributed by atoms with E-state index in [0.717, 1.165) is 77.0 Å². The van der Waals surface area contributed by atoms with E-state index in [9.17, 15) is 0 Å². The zero-order valence-electron chi connectivity index (χ0n) is 16.1. The number of hydrogen-bond acceptors (Lipinski definition) is 7. The molecule has 3 aliphatic rings. The molecule has 7 nitrogen and oxygen atoms in total. The summed E-state index contributed by atoms with van der Waals surface area (Å²) in [5.41, 5.74) is 1.19. The monoisotopic (exact) mass is 360 g/mol. The maximum absolute atomic E-state index is 5.83. The Morgan fingerprint density at radius 3 is 2.65 bits per heavy atom. The summed E-state index contributed by atoms with van der Waals surface area (Å²) >= 11 is 0. The Balaban J connectivity index is 1.44. The summed E-state index contributed by atoms with van der Waals surface area (Å²) in [7, 11) is 2.20. The van der Waals surface area contributed by atoms with Crippen molar-refractivity contribution < 1.29 is 4.74 Å². The van der Waals surface area contributed by atoms with Crippen molar-refractivity contribution >= 4 is 5.82 Å². The minimum absolute atomic E-state index is 0.300. The minimum atomic E-state index is 0.300. The molecule has 3 saturated heterocycles. The first-order chi connectivity index (χ1) is 12.7. The van der Waals surface area contributed by atoms with Gasteiger partial charge in [0, 0.05) is 43.9 Å². The number of rotatable bonds is 4. The summed E-state index contributed by atoms with van der Waals surface area (Å²) in [5, 5.41) is 7.11. The summed E-state index contributed by atoms with van der Waals surface area (Å²) < 4.78 is 5.83. The number of ether oxygens (including phenoxy) is 1. The lowest BCUT2D eigenvalue weighted by molar-refractivity contribution is 0.0948. The Bertz CT molecular complexity index is 598. The fraction of sp³-hybridized carbons (Fsp3) is 0.789. The van der Waals surface area contributed by atoms with E-state index in [0.29, 0.717) is 18.0 Å². The van der Waals surface area contributed by atoms with Crippen LogP contribution in [0, 0.1) is 6.92 Å². The van der Waals surface area contributed by atoms with Gasteiger partial charge in [0.25, 0.3) is 0 Å². The van der Waals surface area contributed by atoms with Gasteiger partial charge in [-0.05, 0) is 39.9 Å². The Hall–Kier alpha value is -1.28. The first-order valence-corrected chi connectivity index (χ1v) is 10.0. The Kier molecular flexibility index (Phi) is 5.69. The summed E-state index contributed by atoms with van der Waals surface area (Å²) in [6.45, 7) is 10.2. The van der Waals surface area contributed by atoms with Crippen molar-refractivity contribution in [1.29, 1.82) is 0 Å². The average molecular weight is 361 g/mol. The topological polar surface area (TPSA) is 65.6 Å². The van der Waals surface area contributed by atoms with Gasteiger partial charge in [-0.2, -0.15) is 0 Å². The predicted molar refractivity (Wildman–Crippen MR) is 103 cm³/mol. The van der Waals surface area contributed by atoms with Gasteiger partial charge in [-0.3, -0.25) is 4.90 Å². The summed E-state index contributed by atoms with van der Waals surface area (Å²) in [5.74, 6) is 2.37. The number of nitrogens with zero attached hydrogens (tertiary/aromatic N) is 4. The number of likely N-dealkylation sites (N-methyl/N-ethyl adjacent to an activating group) is 1. The van der Waals surface area contributed by atoms with Crippen LogP contribution in [0.3, 0.4) is 0 Å². The fourth-order valence-electron chi connectivity index (χ4n) is 4.38. The molecule has 0 spiro atoms. The maximum Gasteiger partial charge on any atom is 0.130 e. The second kappa shape index (κ2) is 8.17. The molecule has 0 bridgehead atoms. The summed E-state index contributed by atoms with van der Waals surface area (Å²) in [6, 6.07) is 2.90. The number of hydrogen-bond donors (Lipinski definition) is 2. The van der Waals surface area contributed by atoms with Crippen LogP contribution in [0.15, 0.2) is 6.07 Å². The van der Waals surface area contributed by atoms with Crippen molar-refractivity contribution in [2.45, 2.75) is 37.8 Å². The lowest BCUT2D eigenvalue weighted by atomic mass is 9.94. The molecule has 0 aromatic carbocycles. The van der Waals surface area contributed by atoms with Crippen LogP contribution in [0.4, 0.5) is 5.82 Å². The van der Waals surface area contributed by atoms with E-state index >= 15 is 0 Å². The first kappa shape index (κ1) is 18.1. The molecule has 0 aliphatic carbocycles. The van der Waals surface area contributed by atoms with Crippen molar-refractivity contribution in [3.63, 3.8) is 0 Å². The maximum atomic E-state index is 5.83. The third kappa shape index (κ3) is 4.17. The lowest BCUT2D eigenvalue weighted by Crippen LogP contribution is -2.54. The predicted octanol–water partition coefficient (Wildman–Crippen LogP) is 0.679. The molecule has 4 rings (SSSR count). The second-order valence-corrected chi connectivity index (χ2v) is 7.94. The van der Waals surface area contributed by atoms with E-state index in [4.69, 9.17) is 9.72 Å². The number of anilines is 1. The fourth-order valence-corrected chi connectivity index (χ4v) is 4.38. The number of nitrogens with one attached hydrogen (secondary N) is 2. The van der Waals surface area contributed by atoms with Crippen molar-refractivity contribution in [2.75, 3.05) is 64.8 Å². The molecule has 144 valence electrons. The van der Waals surface area contributed by atoms with Gasteiger partial charge in [0.15, 0.2) is 0 Å². The van der Waals surface area contributed by atoms with E-state index in [-0.39, 0.29) is 0 Å². The summed E-state index contributed by atoms with van der Waals surface area (Å²) in [6.07, 6.45) is 2.32. The number of piperazine rings is 1. The molecular weight excluding hydrogens is 328 g/mol. The van der Waals surface area contributed by atoms with Gasteiger partial charge in [0.2, 0.25) is 0 Å². The number of aryl methyl sites for hydroxylation is 1. The first-order valence-electron chi connectivity index (χ1n) is 10.0. The summed E-state index contributed by atoms with van der Waals surface area (Å²) in [4.78, 5) is 14.4. The average Bonchev–Trinajstić information content (AvgIpc) is 3.11. The Morgan fingerprint density at radius 2 is 1.88 bits per heavy atom. The zero-order chi connectivity index (χ0) is 17.9. The third-order valence-corrected chi connectivity index (χ3v) is 6.01. The SMILES string of the molecule is Cc1nc(N[C@@H]2COC[C@H]2N2CCN(C)CC2)cc(C2CCNCC2)n1. The lowest BCUT2D eigenvalue weighted by Gasteiger charge is -2.38. The van der Waals surface area contributed by atoms with Crippen LogP contribution >= 0.6 is 0 Å². The molecular formula is C19H32N6O. The van der Waals surface area contributed by atoms with Gasteiger partial charge in [-0.1, -0.05) is 0 Å². The molecule has 0 unspecified atom stereocenters. The molecule has 0 saturated carbocycles. The Labute approximate surface area is 156 Å². The molecule has 26 heavy (non-hydrogen) atoms. The number of aromatic nitrogens is 2. The van der Waals surface area contributed by atoms with Crippen LogP contribution < -0.4 is 10.6 Å². The molecule has 1 aromatic rings. The molecule has 2 N–H and O–H groups in total. The molecule has 7 heteroatoms. The standard InChI is InChI=1S/C19H32N6O/c1-14-21-16(15-3-5-20-6-4-15)11-19(22-14)23-17-12-26-13-18(17)25-9-7-24(2)8-10-25/h11,15,17-18,20H,3-10,12-13H2,1-2H3,(H,21,22,23)/t17-,18-/m1/s1. The molecule has 3 fully saturated rings. The van der Waals surface area contributed by atoms with Gasteiger partial charge < -0.3 is 20.3 Å². The molecule has 1 aromatic heterocycles. The van der Waals surface area contributed by atoms with Gasteiger partial charge in [0.05, 0.1) is 25.3 Å². The molecule has 3 aliphatic heterocycles. The zero-order valence-corrected chi connectivity index (χ0v) is 16.1. The van der Waals surface area contributed by atoms with Gasteiger partial charge in [0.1, 0.15) is 11.6 Å². The second-order valence-electron chi connectivity index (χ2n) is 7.94. The van der Waals surface area contributed by atoms with E-state index in [2.05, 4.69) is 38.5 Å². The third-order valence-electron chi connectivity index (χ3n) is 6.01. The van der Waals surface area contributed by atoms with Crippen molar-refractivity contribution in [3.8, 4) is 0 Å². The number of piperidine rings is 1. The quantitative estimate of drug-likeness (QED) is 0.818. The van der Waals surface area contributed by atoms with Crippen molar-refractivity contribution in [2.24, 2.45) is 0 Å².